The molecule has 0 spiro atoms. The number of fused-ring (bicyclic) bond motifs is 1. The summed E-state index contributed by atoms with van der Waals surface area (Å²) < 4.78 is 1.61. The van der Waals surface area contributed by atoms with Crippen LogP contribution in [-0.4, -0.2) is 43.3 Å². The number of carboxylic acid groups (broad SMARTS) is 1. The van der Waals surface area contributed by atoms with E-state index in [-0.39, 0.29) is 18.1 Å². The molecule has 0 saturated heterocycles. The predicted octanol–water partition coefficient (Wildman–Crippen LogP) is 1.39. The van der Waals surface area contributed by atoms with Crippen molar-refractivity contribution in [2.24, 2.45) is 13.0 Å². The summed E-state index contributed by atoms with van der Waals surface area (Å²) in [5.41, 5.74) is 0.833. The van der Waals surface area contributed by atoms with Crippen LogP contribution in [0.4, 0.5) is 0 Å². The Morgan fingerprint density at radius 2 is 2.26 bits per heavy atom. The van der Waals surface area contributed by atoms with Crippen LogP contribution in [0.3, 0.4) is 0 Å². The van der Waals surface area contributed by atoms with Gasteiger partial charge in [0.1, 0.15) is 0 Å². The Morgan fingerprint density at radius 1 is 1.53 bits per heavy atom. The molecule has 1 atom stereocenters. The van der Waals surface area contributed by atoms with Gasteiger partial charge in [0.25, 0.3) is 0 Å². The van der Waals surface area contributed by atoms with Crippen LogP contribution in [0.2, 0.25) is 0 Å². The molecule has 0 radical (unpaired) electrons. The number of hydrogen-bond acceptors (Lipinski definition) is 5. The van der Waals surface area contributed by atoms with E-state index in [0.717, 1.165) is 5.39 Å². The van der Waals surface area contributed by atoms with Gasteiger partial charge in [-0.2, -0.15) is 5.10 Å². The fourth-order valence-electron chi connectivity index (χ4n) is 1.66. The number of aliphatic hydroxyl groups is 1. The van der Waals surface area contributed by atoms with Crippen molar-refractivity contribution in [2.45, 2.75) is 11.8 Å². The number of aliphatic hydroxyl groups excluding tert-OH is 1. The average molecular weight is 281 g/mol. The first-order chi connectivity index (χ1) is 9.04. The zero-order chi connectivity index (χ0) is 14.0. The standard InChI is InChI=1S/C12H15N3O3S/c1-7(5-16)6-19-10-8-4-14-15(2)11(8)13-3-9(10)12(17)18/h3-4,7,16H,5-6H2,1-2H3,(H,17,18). The molecule has 102 valence electrons. The Labute approximate surface area is 114 Å². The predicted molar refractivity (Wildman–Crippen MR) is 72.4 cm³/mol. The van der Waals surface area contributed by atoms with Gasteiger partial charge in [0.05, 0.1) is 17.1 Å². The molecule has 2 aromatic rings. The lowest BCUT2D eigenvalue weighted by Gasteiger charge is -2.10. The number of aromatic carboxylic acids is 1. The van der Waals surface area contributed by atoms with Gasteiger partial charge in [0.2, 0.25) is 0 Å². The minimum Gasteiger partial charge on any atom is -0.478 e. The molecule has 0 aromatic carbocycles. The van der Waals surface area contributed by atoms with Crippen molar-refractivity contribution in [3.8, 4) is 0 Å². The number of nitrogens with zero attached hydrogens (tertiary/aromatic N) is 3. The topological polar surface area (TPSA) is 88.2 Å². The number of hydrogen-bond donors (Lipinski definition) is 2. The lowest BCUT2D eigenvalue weighted by molar-refractivity contribution is 0.0693. The molecular formula is C12H15N3O3S. The Balaban J connectivity index is 2.47. The van der Waals surface area contributed by atoms with Crippen molar-refractivity contribution in [3.63, 3.8) is 0 Å². The number of aryl methyl sites for hydroxylation is 1. The van der Waals surface area contributed by atoms with E-state index < -0.39 is 5.97 Å². The van der Waals surface area contributed by atoms with Gasteiger partial charge in [-0.15, -0.1) is 11.8 Å². The zero-order valence-corrected chi connectivity index (χ0v) is 11.5. The second kappa shape index (κ2) is 5.58. The van der Waals surface area contributed by atoms with Gasteiger partial charge in [-0.05, 0) is 5.92 Å². The zero-order valence-electron chi connectivity index (χ0n) is 10.7. The van der Waals surface area contributed by atoms with Crippen molar-refractivity contribution < 1.29 is 15.0 Å². The third-order valence-corrected chi connectivity index (χ3v) is 4.23. The molecule has 0 aliphatic carbocycles. The molecule has 19 heavy (non-hydrogen) atoms. The first kappa shape index (κ1) is 13.8. The molecule has 0 aliphatic rings. The van der Waals surface area contributed by atoms with Gasteiger partial charge >= 0.3 is 5.97 Å². The lowest BCUT2D eigenvalue weighted by atomic mass is 10.2. The van der Waals surface area contributed by atoms with Crippen molar-refractivity contribution >= 4 is 28.8 Å². The fraction of sp³-hybridized carbons (Fsp3) is 0.417. The summed E-state index contributed by atoms with van der Waals surface area (Å²) in [4.78, 5) is 16.0. The second-order valence-electron chi connectivity index (χ2n) is 4.41. The lowest BCUT2D eigenvalue weighted by Crippen LogP contribution is -2.06. The van der Waals surface area contributed by atoms with E-state index in [2.05, 4.69) is 10.1 Å². The van der Waals surface area contributed by atoms with Crippen molar-refractivity contribution in [2.75, 3.05) is 12.4 Å². The van der Waals surface area contributed by atoms with Crippen LogP contribution in [0.15, 0.2) is 17.3 Å². The maximum atomic E-state index is 11.3. The molecule has 1 unspecified atom stereocenters. The van der Waals surface area contributed by atoms with E-state index in [1.807, 2.05) is 6.92 Å². The van der Waals surface area contributed by atoms with E-state index in [1.165, 1.54) is 18.0 Å². The van der Waals surface area contributed by atoms with E-state index in [4.69, 9.17) is 5.11 Å². The van der Waals surface area contributed by atoms with Gasteiger partial charge < -0.3 is 10.2 Å². The third-order valence-electron chi connectivity index (χ3n) is 2.77. The molecule has 2 aromatic heterocycles. The minimum atomic E-state index is -1.00. The second-order valence-corrected chi connectivity index (χ2v) is 5.44. The van der Waals surface area contributed by atoms with Gasteiger partial charge in [-0.25, -0.2) is 9.78 Å². The first-order valence-electron chi connectivity index (χ1n) is 5.82. The van der Waals surface area contributed by atoms with E-state index in [0.29, 0.717) is 16.3 Å². The molecule has 0 aliphatic heterocycles. The van der Waals surface area contributed by atoms with Gasteiger partial charge in [-0.3, -0.25) is 4.68 Å². The molecule has 0 bridgehead atoms. The number of aromatic nitrogens is 3. The van der Waals surface area contributed by atoms with Crippen LogP contribution in [0.1, 0.15) is 17.3 Å². The fourth-order valence-corrected chi connectivity index (χ4v) is 2.81. The largest absolute Gasteiger partial charge is 0.478 e. The van der Waals surface area contributed by atoms with Gasteiger partial charge in [-0.1, -0.05) is 6.92 Å². The van der Waals surface area contributed by atoms with Crippen molar-refractivity contribution in [1.82, 2.24) is 14.8 Å². The SMILES string of the molecule is CC(CO)CSc1c(C(=O)O)cnc2c1cnn2C. The number of carboxylic acids is 1. The van der Waals surface area contributed by atoms with Crippen LogP contribution in [0.5, 0.6) is 0 Å². The number of pyridine rings is 1. The highest BCUT2D eigenvalue weighted by Crippen LogP contribution is 2.31. The molecule has 0 fully saturated rings. The summed E-state index contributed by atoms with van der Waals surface area (Å²) >= 11 is 1.42. The van der Waals surface area contributed by atoms with Crippen LogP contribution in [-0.2, 0) is 7.05 Å². The van der Waals surface area contributed by atoms with Gasteiger partial charge in [0.15, 0.2) is 5.65 Å². The Bertz CT molecular complexity index is 612. The molecule has 7 heteroatoms. The van der Waals surface area contributed by atoms with Crippen LogP contribution >= 0.6 is 11.8 Å². The van der Waals surface area contributed by atoms with Crippen molar-refractivity contribution in [3.05, 3.63) is 18.0 Å². The highest BCUT2D eigenvalue weighted by Gasteiger charge is 2.17. The monoisotopic (exact) mass is 281 g/mol. The number of carbonyl (C=O) groups is 1. The maximum Gasteiger partial charge on any atom is 0.338 e. The summed E-state index contributed by atoms with van der Waals surface area (Å²) in [7, 11) is 1.76. The molecule has 2 N–H and O–H groups in total. The number of thioether (sulfide) groups is 1. The Hall–Kier alpha value is -1.60. The molecule has 6 nitrogen and oxygen atoms in total. The highest BCUT2D eigenvalue weighted by atomic mass is 32.2. The van der Waals surface area contributed by atoms with E-state index in [9.17, 15) is 9.90 Å². The first-order valence-corrected chi connectivity index (χ1v) is 6.80. The summed E-state index contributed by atoms with van der Waals surface area (Å²) in [6.07, 6.45) is 2.99. The summed E-state index contributed by atoms with van der Waals surface area (Å²) in [5, 5.41) is 23.1. The van der Waals surface area contributed by atoms with Gasteiger partial charge in [0, 0.05) is 30.5 Å². The molecule has 2 rings (SSSR count). The third kappa shape index (κ3) is 2.71. The average Bonchev–Trinajstić information content (AvgIpc) is 2.77. The maximum absolute atomic E-state index is 11.3. The molecule has 0 amide bonds. The molecule has 2 heterocycles. The van der Waals surface area contributed by atoms with Crippen LogP contribution in [0.25, 0.3) is 11.0 Å². The number of rotatable bonds is 5. The van der Waals surface area contributed by atoms with Crippen LogP contribution < -0.4 is 0 Å². The minimum absolute atomic E-state index is 0.0800. The molecule has 0 saturated carbocycles. The molecular weight excluding hydrogens is 266 g/mol. The van der Waals surface area contributed by atoms with Crippen LogP contribution in [0, 0.1) is 5.92 Å². The smallest absolute Gasteiger partial charge is 0.338 e. The Kier molecular flexibility index (Phi) is 4.06. The summed E-state index contributed by atoms with van der Waals surface area (Å²) in [5.74, 6) is -0.255. The normalized spacial score (nSPS) is 12.8. The van der Waals surface area contributed by atoms with E-state index in [1.54, 1.807) is 17.9 Å². The highest BCUT2D eigenvalue weighted by molar-refractivity contribution is 7.99. The summed E-state index contributed by atoms with van der Waals surface area (Å²) in [6.45, 7) is 1.99. The quantitative estimate of drug-likeness (QED) is 0.805. The van der Waals surface area contributed by atoms with Crippen molar-refractivity contribution in [1.29, 1.82) is 0 Å². The van der Waals surface area contributed by atoms with E-state index >= 15 is 0 Å². The Morgan fingerprint density at radius 3 is 2.89 bits per heavy atom. The summed E-state index contributed by atoms with van der Waals surface area (Å²) in [6, 6.07) is 0.